The Morgan fingerprint density at radius 1 is 0.333 bits per heavy atom. The van der Waals surface area contributed by atoms with Crippen molar-refractivity contribution in [1.29, 1.82) is 0 Å². The van der Waals surface area contributed by atoms with Gasteiger partial charge in [0.05, 0.1) is 13.4 Å². The smallest absolute Gasteiger partial charge is 0.0491 e. The first kappa shape index (κ1) is 39.3. The second kappa shape index (κ2) is 9.64. The van der Waals surface area contributed by atoms with Gasteiger partial charge in [-0.05, 0) is 18.2 Å². The SMILES string of the molecule is F[P-](F)(F)(F)(F)F.F[P-](F)(F)(F)(F)F.F[P-](F)(F)(F)(F)F.F[n+]1ccccc1-c1cccc(-c2cccc[n+]2F)[n+]1F. The zero-order chi connectivity index (χ0) is 34.0. The Morgan fingerprint density at radius 2 is 0.548 bits per heavy atom. The van der Waals surface area contributed by atoms with Gasteiger partial charge >= 0.3 is 122 Å². The third kappa shape index (κ3) is 28.8. The van der Waals surface area contributed by atoms with E-state index in [0.29, 0.717) is 9.58 Å². The summed E-state index contributed by atoms with van der Waals surface area (Å²) in [5.74, 6) is 0. The topological polar surface area (TPSA) is 11.6 Å². The Bertz CT molecular complexity index is 1250. The molecule has 0 fully saturated rings. The predicted octanol–water partition coefficient (Wildman–Crippen LogP) is 12.2. The van der Waals surface area contributed by atoms with Crippen LogP contribution >= 0.6 is 23.4 Å². The Labute approximate surface area is 217 Å². The molecule has 248 valence electrons. The van der Waals surface area contributed by atoms with E-state index in [1.165, 1.54) is 48.8 Å². The Balaban J connectivity index is 0.000000660. The summed E-state index contributed by atoms with van der Waals surface area (Å²) < 4.78 is 220. The predicted molar refractivity (Wildman–Crippen MR) is 108 cm³/mol. The molecule has 0 amide bonds. The largest absolute Gasteiger partial charge is 0.329 e. The van der Waals surface area contributed by atoms with Gasteiger partial charge in [-0.1, -0.05) is 0 Å². The molecule has 0 atom stereocenters. The van der Waals surface area contributed by atoms with Gasteiger partial charge in [-0.2, -0.15) is 0 Å². The van der Waals surface area contributed by atoms with E-state index >= 15 is 0 Å². The van der Waals surface area contributed by atoms with Crippen LogP contribution in [0.1, 0.15) is 0 Å². The fourth-order valence-electron chi connectivity index (χ4n) is 2.10. The van der Waals surface area contributed by atoms with Crippen molar-refractivity contribution in [2.24, 2.45) is 0 Å². The molecule has 0 unspecified atom stereocenters. The van der Waals surface area contributed by atoms with Crippen LogP contribution in [0.3, 0.4) is 0 Å². The summed E-state index contributed by atoms with van der Waals surface area (Å²) in [4.78, 5) is 0.879. The van der Waals surface area contributed by atoms with Gasteiger partial charge in [-0.3, -0.25) is 0 Å². The summed E-state index contributed by atoms with van der Waals surface area (Å²) in [6.45, 7) is 0. The van der Waals surface area contributed by atoms with Gasteiger partial charge < -0.3 is 0 Å². The molecule has 3 aromatic rings. The first-order chi connectivity index (χ1) is 17.5. The second-order valence-electron chi connectivity index (χ2n) is 7.25. The second-order valence-corrected chi connectivity index (χ2v) is 13.0. The summed E-state index contributed by atoms with van der Waals surface area (Å²) in [6, 6.07) is 13.4. The van der Waals surface area contributed by atoms with Crippen molar-refractivity contribution in [3.8, 4) is 22.8 Å². The van der Waals surface area contributed by atoms with Crippen LogP contribution in [-0.4, -0.2) is 0 Å². The van der Waals surface area contributed by atoms with Gasteiger partial charge in [-0.15, -0.1) is 0 Å². The van der Waals surface area contributed by atoms with E-state index in [1.807, 2.05) is 0 Å². The van der Waals surface area contributed by atoms with Crippen molar-refractivity contribution in [1.82, 2.24) is 0 Å². The molecule has 0 aliphatic carbocycles. The number of hydrogen-bond acceptors (Lipinski definition) is 0. The third-order valence-electron chi connectivity index (χ3n) is 3.08. The molecule has 3 rings (SSSR count). The van der Waals surface area contributed by atoms with Crippen LogP contribution in [0.5, 0.6) is 0 Å². The molecule has 3 aromatic heterocycles. The fraction of sp³-hybridized carbons (Fsp3) is 0. The fourth-order valence-corrected chi connectivity index (χ4v) is 2.10. The van der Waals surface area contributed by atoms with Crippen molar-refractivity contribution in [3.63, 3.8) is 0 Å². The van der Waals surface area contributed by atoms with Crippen molar-refractivity contribution in [2.45, 2.75) is 0 Å². The van der Waals surface area contributed by atoms with E-state index in [-0.39, 0.29) is 27.6 Å². The number of pyridine rings is 3. The van der Waals surface area contributed by atoms with Gasteiger partial charge in [0, 0.05) is 50.8 Å². The van der Waals surface area contributed by atoms with E-state index in [2.05, 4.69) is 0 Å². The van der Waals surface area contributed by atoms with Crippen LogP contribution in [0, 0.1) is 0 Å². The molecule has 0 aliphatic heterocycles. The normalized spacial score (nSPS) is 16.9. The first-order valence-electron chi connectivity index (χ1n) is 9.28. The molecule has 0 saturated carbocycles. The zero-order valence-electron chi connectivity index (χ0n) is 19.0. The maximum Gasteiger partial charge on any atom is 0.329 e. The maximum absolute atomic E-state index is 14.6. The van der Waals surface area contributed by atoms with E-state index in [9.17, 15) is 89.0 Å². The minimum atomic E-state index is -10.7. The Morgan fingerprint density at radius 3 is 0.762 bits per heavy atom. The van der Waals surface area contributed by atoms with E-state index < -0.39 is 23.4 Å². The van der Waals surface area contributed by atoms with Crippen LogP contribution in [0.4, 0.5) is 89.0 Å². The molecule has 0 saturated heterocycles. The maximum atomic E-state index is 14.6. The van der Waals surface area contributed by atoms with Crippen LogP contribution < -0.4 is 14.4 Å². The zero-order valence-corrected chi connectivity index (χ0v) is 21.7. The van der Waals surface area contributed by atoms with Crippen molar-refractivity contribution in [3.05, 3.63) is 67.0 Å². The minimum Gasteiger partial charge on any atom is -0.0491 e. The van der Waals surface area contributed by atoms with Gasteiger partial charge in [0.25, 0.3) is 0 Å². The third-order valence-corrected chi connectivity index (χ3v) is 3.08. The molecule has 3 nitrogen and oxygen atoms in total. The summed E-state index contributed by atoms with van der Waals surface area (Å²) in [5.41, 5.74) is 0.0327. The van der Waals surface area contributed by atoms with Crippen LogP contribution in [0.25, 0.3) is 22.8 Å². The number of hydrogen-bond donors (Lipinski definition) is 0. The average molecular weight is 725 g/mol. The Kier molecular flexibility index (Phi) is 9.01. The van der Waals surface area contributed by atoms with Crippen molar-refractivity contribution < 1.29 is 103 Å². The summed E-state index contributed by atoms with van der Waals surface area (Å²) >= 11 is 0. The molecular formula is C15H11F21N3P3. The summed E-state index contributed by atoms with van der Waals surface area (Å²) in [7, 11) is -32.0. The molecular weight excluding hydrogens is 714 g/mol. The van der Waals surface area contributed by atoms with Crippen LogP contribution in [0.15, 0.2) is 67.0 Å². The average Bonchev–Trinajstić information content (AvgIpc) is 2.62. The Hall–Kier alpha value is -2.73. The van der Waals surface area contributed by atoms with Crippen LogP contribution in [-0.2, 0) is 0 Å². The van der Waals surface area contributed by atoms with Crippen molar-refractivity contribution >= 4 is 23.4 Å². The molecule has 0 spiro atoms. The van der Waals surface area contributed by atoms with Gasteiger partial charge in [-0.25, -0.2) is 0 Å². The molecule has 0 radical (unpaired) electrons. The van der Waals surface area contributed by atoms with Gasteiger partial charge in [0.15, 0.2) is 0 Å². The molecule has 42 heavy (non-hydrogen) atoms. The number of halogens is 21. The molecule has 0 bridgehead atoms. The molecule has 0 aromatic carbocycles. The number of rotatable bonds is 2. The molecule has 27 heteroatoms. The van der Waals surface area contributed by atoms with E-state index in [0.717, 1.165) is 0 Å². The monoisotopic (exact) mass is 725 g/mol. The first-order valence-corrected chi connectivity index (χ1v) is 15.4. The van der Waals surface area contributed by atoms with Crippen LogP contribution in [0.2, 0.25) is 0 Å². The molecule has 3 heterocycles. The van der Waals surface area contributed by atoms with Gasteiger partial charge in [0.1, 0.15) is 0 Å². The van der Waals surface area contributed by atoms with E-state index in [1.54, 1.807) is 18.2 Å². The van der Waals surface area contributed by atoms with Crippen molar-refractivity contribution in [2.75, 3.05) is 0 Å². The molecule has 0 aliphatic rings. The number of aromatic nitrogens is 3. The summed E-state index contributed by atoms with van der Waals surface area (Å²) in [5, 5.41) is 0. The standard InChI is InChI=1S/C15H11F3N3.3F6P/c16-19-10-3-1-6-12(19)14-8-5-9-15(21(14)18)13-7-2-4-11-20(13)17;3*1-7(2,3,4,5)6/h1-11H;;;/q+3;3*-1. The molecule has 0 N–H and O–H groups in total. The quantitative estimate of drug-likeness (QED) is 0.184. The summed E-state index contributed by atoms with van der Waals surface area (Å²) in [6.07, 6.45) is 2.33. The number of nitrogens with zero attached hydrogens (tertiary/aromatic N) is 3. The van der Waals surface area contributed by atoms with Gasteiger partial charge in [0.2, 0.25) is 12.4 Å². The van der Waals surface area contributed by atoms with E-state index in [4.69, 9.17) is 0 Å². The minimum absolute atomic E-state index is 0.0144.